The maximum absolute atomic E-state index is 11.2. The first-order valence-electron chi connectivity index (χ1n) is 8.98. The Morgan fingerprint density at radius 3 is 2.09 bits per heavy atom. The van der Waals surface area contributed by atoms with Crippen molar-refractivity contribution in [3.8, 4) is 0 Å². The number of esters is 2. The molecule has 0 amide bonds. The number of carbonyl (C=O) groups excluding carboxylic acids is 2. The zero-order valence-electron chi connectivity index (χ0n) is 15.1. The van der Waals surface area contributed by atoms with Crippen LogP contribution in [0.1, 0.15) is 78.1 Å². The Balaban J connectivity index is 0.000000468. The van der Waals surface area contributed by atoms with Gasteiger partial charge in [0.25, 0.3) is 0 Å². The average Bonchev–Trinajstić information content (AvgIpc) is 3.07. The summed E-state index contributed by atoms with van der Waals surface area (Å²) in [6, 6.07) is 0. The summed E-state index contributed by atoms with van der Waals surface area (Å²) in [6.45, 7) is 5.50. The van der Waals surface area contributed by atoms with Crippen molar-refractivity contribution in [1.82, 2.24) is 0 Å². The summed E-state index contributed by atoms with van der Waals surface area (Å²) >= 11 is 0. The molecule has 1 unspecified atom stereocenters. The van der Waals surface area contributed by atoms with E-state index in [9.17, 15) is 9.59 Å². The average molecular weight is 330 g/mol. The Kier molecular flexibility index (Phi) is 15.0. The smallest absolute Gasteiger partial charge is 0.305 e. The monoisotopic (exact) mass is 330 g/mol. The van der Waals surface area contributed by atoms with Crippen molar-refractivity contribution in [2.75, 3.05) is 20.3 Å². The zero-order chi connectivity index (χ0) is 17.3. The fourth-order valence-electron chi connectivity index (χ4n) is 2.17. The van der Waals surface area contributed by atoms with E-state index in [1.165, 1.54) is 7.11 Å². The normalized spacial score (nSPS) is 16.4. The number of carbonyl (C=O) groups is 2. The summed E-state index contributed by atoms with van der Waals surface area (Å²) in [4.78, 5) is 21.7. The van der Waals surface area contributed by atoms with Crippen molar-refractivity contribution in [1.29, 1.82) is 0 Å². The number of rotatable bonds is 10. The van der Waals surface area contributed by atoms with Crippen LogP contribution in [0.5, 0.6) is 0 Å². The standard InChI is InChI=1S/C11H20O3.C7H14O2/c1-2-3-4-7-11(12)14-9-10-6-5-8-13-10;1-3-4-5-6-7(8)9-2/h10H,2-9H2,1H3;3-6H2,1-2H3. The van der Waals surface area contributed by atoms with Gasteiger partial charge in [-0.15, -0.1) is 0 Å². The fourth-order valence-corrected chi connectivity index (χ4v) is 2.17. The second kappa shape index (κ2) is 15.8. The van der Waals surface area contributed by atoms with Gasteiger partial charge in [-0.3, -0.25) is 9.59 Å². The molecular weight excluding hydrogens is 296 g/mol. The van der Waals surface area contributed by atoms with E-state index in [1.807, 2.05) is 0 Å². The Labute approximate surface area is 141 Å². The Morgan fingerprint density at radius 1 is 1.00 bits per heavy atom. The van der Waals surface area contributed by atoms with Gasteiger partial charge in [0.1, 0.15) is 6.61 Å². The van der Waals surface area contributed by atoms with Crippen molar-refractivity contribution in [2.24, 2.45) is 0 Å². The molecule has 0 aromatic carbocycles. The fraction of sp³-hybridized carbons (Fsp3) is 0.889. The van der Waals surface area contributed by atoms with E-state index >= 15 is 0 Å². The first kappa shape index (κ1) is 21.9. The van der Waals surface area contributed by atoms with Gasteiger partial charge in [-0.05, 0) is 25.7 Å². The lowest BCUT2D eigenvalue weighted by Crippen LogP contribution is -2.17. The van der Waals surface area contributed by atoms with Crippen molar-refractivity contribution >= 4 is 11.9 Å². The van der Waals surface area contributed by atoms with Crippen molar-refractivity contribution < 1.29 is 23.8 Å². The van der Waals surface area contributed by atoms with Crippen LogP contribution in [-0.2, 0) is 23.8 Å². The molecule has 0 aromatic heterocycles. The molecule has 1 aliphatic rings. The van der Waals surface area contributed by atoms with E-state index in [-0.39, 0.29) is 18.0 Å². The topological polar surface area (TPSA) is 61.8 Å². The number of methoxy groups -OCH3 is 1. The highest BCUT2D eigenvalue weighted by Gasteiger charge is 2.17. The first-order valence-corrected chi connectivity index (χ1v) is 8.98. The molecule has 0 radical (unpaired) electrons. The second-order valence-corrected chi connectivity index (χ2v) is 5.81. The van der Waals surface area contributed by atoms with Crippen LogP contribution in [0.15, 0.2) is 0 Å². The summed E-state index contributed by atoms with van der Waals surface area (Å²) in [5, 5.41) is 0. The van der Waals surface area contributed by atoms with Gasteiger partial charge >= 0.3 is 11.9 Å². The predicted molar refractivity (Wildman–Crippen MR) is 90.2 cm³/mol. The highest BCUT2D eigenvalue weighted by molar-refractivity contribution is 5.69. The number of unbranched alkanes of at least 4 members (excludes halogenated alkanes) is 4. The maximum Gasteiger partial charge on any atom is 0.305 e. The third-order valence-corrected chi connectivity index (χ3v) is 3.65. The van der Waals surface area contributed by atoms with Crippen LogP contribution in [0.4, 0.5) is 0 Å². The van der Waals surface area contributed by atoms with E-state index in [2.05, 4.69) is 18.6 Å². The summed E-state index contributed by atoms with van der Waals surface area (Å²) < 4.78 is 14.9. The molecule has 1 atom stereocenters. The van der Waals surface area contributed by atoms with Crippen LogP contribution < -0.4 is 0 Å². The molecule has 0 N–H and O–H groups in total. The van der Waals surface area contributed by atoms with E-state index in [0.717, 1.165) is 58.0 Å². The highest BCUT2D eigenvalue weighted by atomic mass is 16.6. The van der Waals surface area contributed by atoms with Gasteiger partial charge in [-0.1, -0.05) is 39.5 Å². The van der Waals surface area contributed by atoms with E-state index in [0.29, 0.717) is 19.4 Å². The molecule has 1 aliphatic heterocycles. The maximum atomic E-state index is 11.2. The summed E-state index contributed by atoms with van der Waals surface area (Å²) in [5.41, 5.74) is 0. The minimum atomic E-state index is -0.0940. The van der Waals surface area contributed by atoms with Gasteiger partial charge in [0.15, 0.2) is 0 Å². The number of hydrogen-bond acceptors (Lipinski definition) is 5. The molecule has 1 rings (SSSR count). The number of hydrogen-bond donors (Lipinski definition) is 0. The predicted octanol–water partition coefficient (Wildman–Crippen LogP) is 4.03. The molecule has 0 aromatic rings. The van der Waals surface area contributed by atoms with Gasteiger partial charge in [0.05, 0.1) is 13.2 Å². The summed E-state index contributed by atoms with van der Waals surface area (Å²) in [5.74, 6) is -0.169. The van der Waals surface area contributed by atoms with Crippen LogP contribution in [0.25, 0.3) is 0 Å². The molecule has 0 bridgehead atoms. The lowest BCUT2D eigenvalue weighted by Gasteiger charge is -2.09. The SMILES string of the molecule is CCCCCC(=O)OC.CCCCCC(=O)OCC1CCCO1. The Bertz CT molecular complexity index is 298. The summed E-state index contributed by atoms with van der Waals surface area (Å²) in [7, 11) is 1.42. The molecule has 0 spiro atoms. The minimum absolute atomic E-state index is 0.0750. The lowest BCUT2D eigenvalue weighted by atomic mass is 10.2. The van der Waals surface area contributed by atoms with E-state index in [1.54, 1.807) is 0 Å². The molecule has 0 aliphatic carbocycles. The van der Waals surface area contributed by atoms with Crippen molar-refractivity contribution in [3.05, 3.63) is 0 Å². The molecule has 136 valence electrons. The van der Waals surface area contributed by atoms with Gasteiger partial charge in [0, 0.05) is 19.4 Å². The minimum Gasteiger partial charge on any atom is -0.469 e. The quantitative estimate of drug-likeness (QED) is 0.447. The zero-order valence-corrected chi connectivity index (χ0v) is 15.1. The first-order chi connectivity index (χ1) is 11.1. The van der Waals surface area contributed by atoms with E-state index < -0.39 is 0 Å². The molecule has 0 saturated carbocycles. The second-order valence-electron chi connectivity index (χ2n) is 5.81. The summed E-state index contributed by atoms with van der Waals surface area (Å²) in [6.07, 6.45) is 9.83. The van der Waals surface area contributed by atoms with Gasteiger partial charge in [-0.25, -0.2) is 0 Å². The Morgan fingerprint density at radius 2 is 1.61 bits per heavy atom. The Hall–Kier alpha value is -1.10. The largest absolute Gasteiger partial charge is 0.469 e. The van der Waals surface area contributed by atoms with Crippen molar-refractivity contribution in [3.63, 3.8) is 0 Å². The highest BCUT2D eigenvalue weighted by Crippen LogP contribution is 2.12. The molecule has 1 heterocycles. The van der Waals surface area contributed by atoms with Crippen LogP contribution in [0, 0.1) is 0 Å². The van der Waals surface area contributed by atoms with Crippen LogP contribution in [-0.4, -0.2) is 38.4 Å². The third kappa shape index (κ3) is 14.2. The van der Waals surface area contributed by atoms with Gasteiger partial charge in [0.2, 0.25) is 0 Å². The molecule has 1 saturated heterocycles. The van der Waals surface area contributed by atoms with E-state index in [4.69, 9.17) is 9.47 Å². The molecular formula is C18H34O5. The van der Waals surface area contributed by atoms with Crippen molar-refractivity contribution in [2.45, 2.75) is 84.2 Å². The molecule has 23 heavy (non-hydrogen) atoms. The van der Waals surface area contributed by atoms with Gasteiger partial charge < -0.3 is 14.2 Å². The lowest BCUT2D eigenvalue weighted by molar-refractivity contribution is -0.147. The molecule has 1 fully saturated rings. The van der Waals surface area contributed by atoms with Crippen LogP contribution >= 0.6 is 0 Å². The number of ether oxygens (including phenoxy) is 3. The molecule has 5 nitrogen and oxygen atoms in total. The molecule has 5 heteroatoms. The van der Waals surface area contributed by atoms with Crippen LogP contribution in [0.3, 0.4) is 0 Å². The van der Waals surface area contributed by atoms with Crippen LogP contribution in [0.2, 0.25) is 0 Å². The third-order valence-electron chi connectivity index (χ3n) is 3.65. The van der Waals surface area contributed by atoms with Gasteiger partial charge in [-0.2, -0.15) is 0 Å².